The number of hydrogen-bond donors (Lipinski definition) is 2. The predicted molar refractivity (Wildman–Crippen MR) is 100 cm³/mol. The number of hydrogen-bond acceptors (Lipinski definition) is 4. The standard InChI is InChI=1S/C20H19FN2O5/c1-2-28-17-6-4-3-5-16(17)23-11-13(10-18(23)24)19(25)22-15-8-7-12(20(26)27)9-14(15)21/h3-9,13H,2,10-11H2,1H3,(H,22,25)(H,26,27). The largest absolute Gasteiger partial charge is 0.492 e. The molecule has 1 saturated heterocycles. The molecule has 2 amide bonds. The first kappa shape index (κ1) is 19.3. The normalized spacial score (nSPS) is 16.1. The van der Waals surface area contributed by atoms with Gasteiger partial charge < -0.3 is 20.1 Å². The highest BCUT2D eigenvalue weighted by Crippen LogP contribution is 2.33. The van der Waals surface area contributed by atoms with Crippen LogP contribution in [0.2, 0.25) is 0 Å². The monoisotopic (exact) mass is 386 g/mol. The van der Waals surface area contributed by atoms with Crippen molar-refractivity contribution in [3.8, 4) is 5.75 Å². The van der Waals surface area contributed by atoms with Crippen LogP contribution < -0.4 is 15.0 Å². The van der Waals surface area contributed by atoms with Crippen molar-refractivity contribution >= 4 is 29.2 Å². The summed E-state index contributed by atoms with van der Waals surface area (Å²) >= 11 is 0. The van der Waals surface area contributed by atoms with Gasteiger partial charge in [0.25, 0.3) is 0 Å². The maximum atomic E-state index is 14.0. The Balaban J connectivity index is 1.73. The number of nitrogens with zero attached hydrogens (tertiary/aromatic N) is 1. The average molecular weight is 386 g/mol. The van der Waals surface area contributed by atoms with Crippen molar-refractivity contribution in [3.05, 3.63) is 53.8 Å². The molecule has 0 radical (unpaired) electrons. The third kappa shape index (κ3) is 3.95. The molecule has 0 bridgehead atoms. The van der Waals surface area contributed by atoms with Crippen LogP contribution in [0.15, 0.2) is 42.5 Å². The lowest BCUT2D eigenvalue weighted by molar-refractivity contribution is -0.122. The molecule has 2 aromatic carbocycles. The summed E-state index contributed by atoms with van der Waals surface area (Å²) in [5, 5.41) is 11.3. The number of amides is 2. The van der Waals surface area contributed by atoms with E-state index in [4.69, 9.17) is 9.84 Å². The van der Waals surface area contributed by atoms with E-state index in [1.165, 1.54) is 17.0 Å². The molecule has 0 aromatic heterocycles. The van der Waals surface area contributed by atoms with Gasteiger partial charge >= 0.3 is 5.97 Å². The number of ether oxygens (including phenoxy) is 1. The lowest BCUT2D eigenvalue weighted by atomic mass is 10.1. The summed E-state index contributed by atoms with van der Waals surface area (Å²) in [6, 6.07) is 10.3. The fourth-order valence-electron chi connectivity index (χ4n) is 3.06. The van der Waals surface area contributed by atoms with E-state index in [0.717, 1.165) is 6.07 Å². The molecule has 1 aliphatic rings. The first-order valence-electron chi connectivity index (χ1n) is 8.76. The molecule has 1 atom stereocenters. The summed E-state index contributed by atoms with van der Waals surface area (Å²) in [4.78, 5) is 37.3. The number of carboxylic acids is 1. The van der Waals surface area contributed by atoms with Gasteiger partial charge in [0.1, 0.15) is 11.6 Å². The predicted octanol–water partition coefficient (Wildman–Crippen LogP) is 2.91. The topological polar surface area (TPSA) is 95.9 Å². The van der Waals surface area contributed by atoms with Gasteiger partial charge in [0, 0.05) is 13.0 Å². The van der Waals surface area contributed by atoms with Crippen molar-refractivity contribution < 1.29 is 28.6 Å². The maximum absolute atomic E-state index is 14.0. The SMILES string of the molecule is CCOc1ccccc1N1CC(C(=O)Nc2ccc(C(=O)O)cc2F)CC1=O. The number of rotatable bonds is 6. The number of anilines is 2. The van der Waals surface area contributed by atoms with Gasteiger partial charge in [-0.2, -0.15) is 0 Å². The Morgan fingerprint density at radius 3 is 2.71 bits per heavy atom. The molecular weight excluding hydrogens is 367 g/mol. The molecule has 28 heavy (non-hydrogen) atoms. The van der Waals surface area contributed by atoms with Gasteiger partial charge in [0.05, 0.1) is 29.5 Å². The smallest absolute Gasteiger partial charge is 0.335 e. The summed E-state index contributed by atoms with van der Waals surface area (Å²) in [7, 11) is 0. The molecule has 3 rings (SSSR count). The van der Waals surface area contributed by atoms with E-state index in [0.29, 0.717) is 18.0 Å². The zero-order valence-corrected chi connectivity index (χ0v) is 15.1. The van der Waals surface area contributed by atoms with Crippen molar-refractivity contribution in [3.63, 3.8) is 0 Å². The molecule has 7 nitrogen and oxygen atoms in total. The summed E-state index contributed by atoms with van der Waals surface area (Å²) in [5.41, 5.74) is 0.238. The van der Waals surface area contributed by atoms with Crippen LogP contribution in [0.25, 0.3) is 0 Å². The van der Waals surface area contributed by atoms with E-state index in [1.54, 1.807) is 24.3 Å². The Labute approximate surface area is 160 Å². The number of halogens is 1. The number of carbonyl (C=O) groups is 3. The quantitative estimate of drug-likeness (QED) is 0.796. The van der Waals surface area contributed by atoms with Crippen LogP contribution in [0.4, 0.5) is 15.8 Å². The lowest BCUT2D eigenvalue weighted by Crippen LogP contribution is -2.28. The minimum atomic E-state index is -1.26. The number of aromatic carboxylic acids is 1. The molecule has 1 fully saturated rings. The van der Waals surface area contributed by atoms with Crippen molar-refractivity contribution in [2.45, 2.75) is 13.3 Å². The second kappa shape index (κ2) is 8.08. The molecule has 146 valence electrons. The van der Waals surface area contributed by atoms with Crippen LogP contribution in [0.1, 0.15) is 23.7 Å². The van der Waals surface area contributed by atoms with Crippen molar-refractivity contribution in [1.82, 2.24) is 0 Å². The van der Waals surface area contributed by atoms with E-state index in [2.05, 4.69) is 5.32 Å². The molecule has 1 heterocycles. The highest BCUT2D eigenvalue weighted by Gasteiger charge is 2.36. The number of carboxylic acid groups (broad SMARTS) is 1. The fourth-order valence-corrected chi connectivity index (χ4v) is 3.06. The van der Waals surface area contributed by atoms with Gasteiger partial charge in [-0.25, -0.2) is 9.18 Å². The number of nitrogens with one attached hydrogen (secondary N) is 1. The molecular formula is C20H19FN2O5. The molecule has 0 aliphatic carbocycles. The zero-order chi connectivity index (χ0) is 20.3. The van der Waals surface area contributed by atoms with Gasteiger partial charge in [-0.15, -0.1) is 0 Å². The molecule has 8 heteroatoms. The number of benzene rings is 2. The second-order valence-corrected chi connectivity index (χ2v) is 6.30. The van der Waals surface area contributed by atoms with E-state index in [-0.39, 0.29) is 30.1 Å². The zero-order valence-electron chi connectivity index (χ0n) is 15.1. The van der Waals surface area contributed by atoms with Crippen molar-refractivity contribution in [2.24, 2.45) is 5.92 Å². The third-order valence-electron chi connectivity index (χ3n) is 4.43. The molecule has 0 saturated carbocycles. The van der Waals surface area contributed by atoms with E-state index < -0.39 is 23.6 Å². The summed E-state index contributed by atoms with van der Waals surface area (Å²) in [6.45, 7) is 2.42. The maximum Gasteiger partial charge on any atom is 0.335 e. The van der Waals surface area contributed by atoms with E-state index >= 15 is 0 Å². The second-order valence-electron chi connectivity index (χ2n) is 6.30. The molecule has 1 unspecified atom stereocenters. The molecule has 2 aromatic rings. The average Bonchev–Trinajstić information content (AvgIpc) is 3.05. The molecule has 2 N–H and O–H groups in total. The van der Waals surface area contributed by atoms with Crippen LogP contribution >= 0.6 is 0 Å². The van der Waals surface area contributed by atoms with Crippen LogP contribution in [0.3, 0.4) is 0 Å². The number of para-hydroxylation sites is 2. The summed E-state index contributed by atoms with van der Waals surface area (Å²) in [6.07, 6.45) is -0.0128. The van der Waals surface area contributed by atoms with Gasteiger partial charge in [-0.1, -0.05) is 12.1 Å². The first-order chi connectivity index (χ1) is 13.4. The first-order valence-corrected chi connectivity index (χ1v) is 8.76. The fraction of sp³-hybridized carbons (Fsp3) is 0.250. The van der Waals surface area contributed by atoms with Gasteiger partial charge in [0.2, 0.25) is 11.8 Å². The Kier molecular flexibility index (Phi) is 5.58. The third-order valence-corrected chi connectivity index (χ3v) is 4.43. The van der Waals surface area contributed by atoms with Gasteiger partial charge in [-0.05, 0) is 37.3 Å². The Bertz CT molecular complexity index is 931. The van der Waals surface area contributed by atoms with Crippen LogP contribution in [0, 0.1) is 11.7 Å². The van der Waals surface area contributed by atoms with E-state index in [1.807, 2.05) is 6.92 Å². The Morgan fingerprint density at radius 1 is 1.29 bits per heavy atom. The Hall–Kier alpha value is -3.42. The highest BCUT2D eigenvalue weighted by molar-refractivity contribution is 6.04. The minimum absolute atomic E-state index is 0.0128. The molecule has 0 spiro atoms. The minimum Gasteiger partial charge on any atom is -0.492 e. The van der Waals surface area contributed by atoms with Gasteiger partial charge in [0.15, 0.2) is 0 Å². The van der Waals surface area contributed by atoms with Crippen molar-refractivity contribution in [2.75, 3.05) is 23.4 Å². The van der Waals surface area contributed by atoms with Crippen molar-refractivity contribution in [1.29, 1.82) is 0 Å². The summed E-state index contributed by atoms with van der Waals surface area (Å²) < 4.78 is 19.6. The van der Waals surface area contributed by atoms with Crippen LogP contribution in [-0.4, -0.2) is 36.0 Å². The molecule has 1 aliphatic heterocycles. The van der Waals surface area contributed by atoms with Crippen LogP contribution in [0.5, 0.6) is 5.75 Å². The van der Waals surface area contributed by atoms with Gasteiger partial charge in [-0.3, -0.25) is 9.59 Å². The van der Waals surface area contributed by atoms with Crippen LogP contribution in [-0.2, 0) is 9.59 Å². The Morgan fingerprint density at radius 2 is 2.04 bits per heavy atom. The highest BCUT2D eigenvalue weighted by atomic mass is 19.1. The number of carbonyl (C=O) groups excluding carboxylic acids is 2. The van der Waals surface area contributed by atoms with E-state index in [9.17, 15) is 18.8 Å². The lowest BCUT2D eigenvalue weighted by Gasteiger charge is -2.20. The summed E-state index contributed by atoms with van der Waals surface area (Å²) in [5.74, 6) is -2.96.